The largest absolute Gasteiger partial charge is 0.490 e. The van der Waals surface area contributed by atoms with Gasteiger partial charge in [0.05, 0.1) is 6.10 Å². The first-order valence-electron chi connectivity index (χ1n) is 10.7. The predicted molar refractivity (Wildman–Crippen MR) is 116 cm³/mol. The maximum Gasteiger partial charge on any atom is 0.253 e. The minimum atomic E-state index is -0.392. The van der Waals surface area contributed by atoms with Crippen molar-refractivity contribution >= 4 is 17.5 Å². The molecule has 6 heteroatoms. The van der Waals surface area contributed by atoms with E-state index in [0.717, 1.165) is 48.8 Å². The van der Waals surface area contributed by atoms with Crippen molar-refractivity contribution in [3.8, 4) is 5.75 Å². The number of rotatable bonds is 7. The number of benzene rings is 2. The van der Waals surface area contributed by atoms with Crippen LogP contribution in [0.3, 0.4) is 0 Å². The van der Waals surface area contributed by atoms with Crippen molar-refractivity contribution in [3.05, 3.63) is 64.4 Å². The van der Waals surface area contributed by atoms with Crippen molar-refractivity contribution in [2.24, 2.45) is 5.92 Å². The van der Waals surface area contributed by atoms with E-state index in [9.17, 15) is 9.18 Å². The van der Waals surface area contributed by atoms with Gasteiger partial charge in [-0.15, -0.1) is 0 Å². The van der Waals surface area contributed by atoms with Gasteiger partial charge in [-0.2, -0.15) is 0 Å². The van der Waals surface area contributed by atoms with Crippen LogP contribution in [0, 0.1) is 11.7 Å². The van der Waals surface area contributed by atoms with Gasteiger partial charge in [-0.25, -0.2) is 4.39 Å². The molecule has 4 nitrogen and oxygen atoms in total. The van der Waals surface area contributed by atoms with Crippen LogP contribution in [0.4, 0.5) is 4.39 Å². The molecule has 0 unspecified atom stereocenters. The number of ether oxygens (including phenoxy) is 1. The fourth-order valence-electron chi connectivity index (χ4n) is 4.34. The summed E-state index contributed by atoms with van der Waals surface area (Å²) in [5.74, 6) is 0.649. The summed E-state index contributed by atoms with van der Waals surface area (Å²) in [6.45, 7) is 3.84. The Hall–Kier alpha value is -2.11. The molecule has 1 saturated carbocycles. The number of amides is 1. The Morgan fingerprint density at radius 1 is 1.20 bits per heavy atom. The Morgan fingerprint density at radius 3 is 2.67 bits per heavy atom. The van der Waals surface area contributed by atoms with Crippen LogP contribution in [0.25, 0.3) is 0 Å². The van der Waals surface area contributed by atoms with E-state index in [-0.39, 0.29) is 12.0 Å². The average molecular weight is 431 g/mol. The first-order chi connectivity index (χ1) is 14.5. The molecule has 0 atom stereocenters. The first-order valence-corrected chi connectivity index (χ1v) is 11.0. The van der Waals surface area contributed by atoms with E-state index in [1.165, 1.54) is 25.0 Å². The van der Waals surface area contributed by atoms with Gasteiger partial charge in [0, 0.05) is 30.7 Å². The number of nitrogens with zero attached hydrogens (tertiary/aromatic N) is 2. The first kappa shape index (κ1) is 21.1. The zero-order valence-electron chi connectivity index (χ0n) is 17.3. The van der Waals surface area contributed by atoms with Crippen LogP contribution in [-0.2, 0) is 6.54 Å². The quantitative estimate of drug-likeness (QED) is 0.619. The molecule has 1 aliphatic heterocycles. The summed E-state index contributed by atoms with van der Waals surface area (Å²) in [7, 11) is 1.76. The van der Waals surface area contributed by atoms with Gasteiger partial charge in [-0.1, -0.05) is 23.7 Å². The highest BCUT2D eigenvalue weighted by Gasteiger charge is 2.32. The van der Waals surface area contributed by atoms with Crippen LogP contribution in [0.15, 0.2) is 42.5 Å². The molecule has 30 heavy (non-hydrogen) atoms. The van der Waals surface area contributed by atoms with Crippen LogP contribution in [0.1, 0.15) is 41.6 Å². The summed E-state index contributed by atoms with van der Waals surface area (Å²) in [6.07, 6.45) is 4.48. The standard InChI is InChI=1S/C24H28ClFN2O2/c1-27(24(29)18-5-4-6-20(26)13-18)15-17-11-22(12-17)30-21-8-7-19(23(25)14-21)16-28-9-2-3-10-28/h4-8,13-14,17,22H,2-3,9-12,15-16H2,1H3. The number of halogens is 2. The molecule has 0 bridgehead atoms. The highest BCUT2D eigenvalue weighted by atomic mass is 35.5. The molecule has 4 rings (SSSR count). The highest BCUT2D eigenvalue weighted by Crippen LogP contribution is 2.33. The van der Waals surface area contributed by atoms with Gasteiger partial charge >= 0.3 is 0 Å². The number of carbonyl (C=O) groups excluding carboxylic acids is 1. The number of hydrogen-bond acceptors (Lipinski definition) is 3. The SMILES string of the molecule is CN(CC1CC(Oc2ccc(CN3CCCC3)c(Cl)c2)C1)C(=O)c1cccc(F)c1. The fourth-order valence-corrected chi connectivity index (χ4v) is 4.57. The zero-order valence-corrected chi connectivity index (χ0v) is 18.1. The Labute approximate surface area is 182 Å². The van der Waals surface area contributed by atoms with Crippen LogP contribution in [0.2, 0.25) is 5.02 Å². The lowest BCUT2D eigenvalue weighted by Crippen LogP contribution is -2.41. The van der Waals surface area contributed by atoms with Crippen LogP contribution in [0.5, 0.6) is 5.75 Å². The third kappa shape index (κ3) is 5.13. The predicted octanol–water partition coefficient (Wildman–Crippen LogP) is 5.00. The summed E-state index contributed by atoms with van der Waals surface area (Å²) >= 11 is 6.48. The molecule has 1 aliphatic carbocycles. The van der Waals surface area contributed by atoms with E-state index in [2.05, 4.69) is 11.0 Å². The summed E-state index contributed by atoms with van der Waals surface area (Å²) in [6, 6.07) is 11.8. The number of likely N-dealkylation sites (tertiary alicyclic amines) is 1. The normalized spacial score (nSPS) is 21.3. The maximum atomic E-state index is 13.3. The van der Waals surface area contributed by atoms with E-state index in [1.807, 2.05) is 12.1 Å². The van der Waals surface area contributed by atoms with Gasteiger partial charge in [0.2, 0.25) is 0 Å². The van der Waals surface area contributed by atoms with Crippen LogP contribution >= 0.6 is 11.6 Å². The maximum absolute atomic E-state index is 13.3. The Kier molecular flexibility index (Phi) is 6.59. The van der Waals surface area contributed by atoms with E-state index in [0.29, 0.717) is 18.0 Å². The van der Waals surface area contributed by atoms with Gasteiger partial charge in [0.15, 0.2) is 0 Å². The summed E-state index contributed by atoms with van der Waals surface area (Å²) < 4.78 is 19.4. The van der Waals surface area contributed by atoms with Crippen molar-refractivity contribution in [2.75, 3.05) is 26.7 Å². The van der Waals surface area contributed by atoms with Crippen molar-refractivity contribution in [1.82, 2.24) is 9.80 Å². The molecule has 1 saturated heterocycles. The Bertz CT molecular complexity index is 895. The minimum Gasteiger partial charge on any atom is -0.490 e. The zero-order chi connectivity index (χ0) is 21.1. The second kappa shape index (κ2) is 9.36. The van der Waals surface area contributed by atoms with E-state index >= 15 is 0 Å². The second-order valence-electron chi connectivity index (χ2n) is 8.51. The highest BCUT2D eigenvalue weighted by molar-refractivity contribution is 6.31. The lowest BCUT2D eigenvalue weighted by Gasteiger charge is -2.37. The smallest absolute Gasteiger partial charge is 0.253 e. The number of carbonyl (C=O) groups is 1. The molecular weight excluding hydrogens is 403 g/mol. The molecule has 0 aromatic heterocycles. The van der Waals surface area contributed by atoms with Gasteiger partial charge in [-0.05, 0) is 80.6 Å². The minimum absolute atomic E-state index is 0.146. The molecule has 1 amide bonds. The van der Waals surface area contributed by atoms with Crippen LogP contribution in [-0.4, -0.2) is 48.5 Å². The van der Waals surface area contributed by atoms with Gasteiger partial charge in [-0.3, -0.25) is 9.69 Å². The molecule has 0 N–H and O–H groups in total. The molecule has 0 radical (unpaired) electrons. The lowest BCUT2D eigenvalue weighted by molar-refractivity contribution is 0.0419. The molecular formula is C24H28ClFN2O2. The summed E-state index contributed by atoms with van der Waals surface area (Å²) in [5.41, 5.74) is 1.53. The number of hydrogen-bond donors (Lipinski definition) is 0. The molecule has 2 aromatic carbocycles. The third-order valence-corrected chi connectivity index (χ3v) is 6.41. The monoisotopic (exact) mass is 430 g/mol. The van der Waals surface area contributed by atoms with E-state index in [1.54, 1.807) is 24.1 Å². The topological polar surface area (TPSA) is 32.8 Å². The second-order valence-corrected chi connectivity index (χ2v) is 8.92. The van der Waals surface area contributed by atoms with Crippen LogP contribution < -0.4 is 4.74 Å². The molecule has 2 aromatic rings. The van der Waals surface area contributed by atoms with Crippen molar-refractivity contribution in [2.45, 2.75) is 38.3 Å². The summed E-state index contributed by atoms with van der Waals surface area (Å²) in [4.78, 5) is 16.5. The Morgan fingerprint density at radius 2 is 1.97 bits per heavy atom. The summed E-state index contributed by atoms with van der Waals surface area (Å²) in [5, 5.41) is 0.760. The fraction of sp³-hybridized carbons (Fsp3) is 0.458. The third-order valence-electron chi connectivity index (χ3n) is 6.06. The van der Waals surface area contributed by atoms with Crippen molar-refractivity contribution in [1.29, 1.82) is 0 Å². The average Bonchev–Trinajstić information content (AvgIpc) is 3.21. The van der Waals surface area contributed by atoms with Crippen molar-refractivity contribution < 1.29 is 13.9 Å². The molecule has 0 spiro atoms. The van der Waals surface area contributed by atoms with Gasteiger partial charge < -0.3 is 9.64 Å². The Balaban J connectivity index is 1.23. The van der Waals surface area contributed by atoms with E-state index in [4.69, 9.17) is 16.3 Å². The van der Waals surface area contributed by atoms with E-state index < -0.39 is 5.82 Å². The molecule has 160 valence electrons. The molecule has 2 aliphatic rings. The van der Waals surface area contributed by atoms with Crippen molar-refractivity contribution in [3.63, 3.8) is 0 Å². The van der Waals surface area contributed by atoms with Gasteiger partial charge in [0.25, 0.3) is 5.91 Å². The lowest BCUT2D eigenvalue weighted by atomic mass is 9.82. The molecule has 1 heterocycles. The van der Waals surface area contributed by atoms with Gasteiger partial charge in [0.1, 0.15) is 11.6 Å². The molecule has 2 fully saturated rings.